The van der Waals surface area contributed by atoms with Gasteiger partial charge in [-0.3, -0.25) is 9.36 Å². The maximum atomic E-state index is 13.0. The Balaban J connectivity index is 2.20. The Labute approximate surface area is 160 Å². The zero-order chi connectivity index (χ0) is 20.8. The lowest BCUT2D eigenvalue weighted by Crippen LogP contribution is -2.40. The van der Waals surface area contributed by atoms with Gasteiger partial charge < -0.3 is 0 Å². The molecule has 0 unspecified atom stereocenters. The molecule has 0 spiro atoms. The lowest BCUT2D eigenvalue weighted by molar-refractivity contribution is -0.144. The summed E-state index contributed by atoms with van der Waals surface area (Å²) in [5, 5.41) is 12.2. The van der Waals surface area contributed by atoms with Crippen LogP contribution in [0.3, 0.4) is 0 Å². The lowest BCUT2D eigenvalue weighted by atomic mass is 10.2. The molecule has 2 heterocycles. The minimum Gasteiger partial charge on any atom is -0.292 e. The number of aromatic nitrogens is 6. The molecule has 0 aliphatic heterocycles. The van der Waals surface area contributed by atoms with Gasteiger partial charge >= 0.3 is 11.9 Å². The molecule has 0 atom stereocenters. The quantitative estimate of drug-likeness (QED) is 0.657. The number of alkyl halides is 3. The van der Waals surface area contributed by atoms with Crippen molar-refractivity contribution in [3.8, 4) is 17.1 Å². The van der Waals surface area contributed by atoms with Gasteiger partial charge in [0.05, 0.1) is 16.8 Å². The van der Waals surface area contributed by atoms with Gasteiger partial charge in [-0.15, -0.1) is 10.2 Å². The Hall–Kier alpha value is -2.95. The van der Waals surface area contributed by atoms with Gasteiger partial charge in [0, 0.05) is 18.7 Å². The number of tetrazole rings is 1. The maximum absolute atomic E-state index is 13.0. The normalized spacial score (nSPS) is 12.0. The van der Waals surface area contributed by atoms with Gasteiger partial charge in [-0.1, -0.05) is 11.6 Å². The molecular weight excluding hydrogens is 401 g/mol. The Morgan fingerprint density at radius 2 is 1.82 bits per heavy atom. The van der Waals surface area contributed by atoms with Gasteiger partial charge in [-0.05, 0) is 37.3 Å². The third kappa shape index (κ3) is 3.44. The van der Waals surface area contributed by atoms with Crippen LogP contribution in [0.25, 0.3) is 17.1 Å². The van der Waals surface area contributed by atoms with Crippen LogP contribution in [-0.2, 0) is 13.2 Å². The number of rotatable bonds is 3. The average molecular weight is 415 g/mol. The average Bonchev–Trinajstić information content (AvgIpc) is 3.08. The SMILES string of the molecule is CC(C)n1nnc(-c2cc(-n3c(=O)cc(C(F)(F)F)n(C)c3=O)ccc2Cl)n1. The summed E-state index contributed by atoms with van der Waals surface area (Å²) in [5.74, 6) is 0.150. The number of benzene rings is 1. The number of nitrogens with zero attached hydrogens (tertiary/aromatic N) is 6. The van der Waals surface area contributed by atoms with Crippen LogP contribution >= 0.6 is 11.6 Å². The second-order valence-corrected chi connectivity index (χ2v) is 6.64. The number of halogens is 4. The topological polar surface area (TPSA) is 87.6 Å². The van der Waals surface area contributed by atoms with Gasteiger partial charge in [-0.25, -0.2) is 9.36 Å². The molecule has 3 rings (SSSR count). The molecule has 0 bridgehead atoms. The molecule has 8 nitrogen and oxygen atoms in total. The first-order chi connectivity index (χ1) is 13.0. The van der Waals surface area contributed by atoms with Crippen LogP contribution in [0.4, 0.5) is 13.2 Å². The molecule has 0 fully saturated rings. The molecule has 2 aromatic heterocycles. The molecule has 0 saturated heterocycles. The summed E-state index contributed by atoms with van der Waals surface area (Å²) < 4.78 is 40.0. The van der Waals surface area contributed by atoms with Crippen LogP contribution in [0.1, 0.15) is 25.6 Å². The van der Waals surface area contributed by atoms with E-state index in [0.29, 0.717) is 15.2 Å². The van der Waals surface area contributed by atoms with E-state index in [2.05, 4.69) is 15.4 Å². The highest BCUT2D eigenvalue weighted by atomic mass is 35.5. The maximum Gasteiger partial charge on any atom is 0.431 e. The van der Waals surface area contributed by atoms with Crippen molar-refractivity contribution in [1.29, 1.82) is 0 Å². The smallest absolute Gasteiger partial charge is 0.292 e. The van der Waals surface area contributed by atoms with Crippen molar-refractivity contribution < 1.29 is 13.2 Å². The third-order valence-electron chi connectivity index (χ3n) is 3.95. The Bertz CT molecular complexity index is 1160. The highest BCUT2D eigenvalue weighted by molar-refractivity contribution is 6.33. The van der Waals surface area contributed by atoms with E-state index in [-0.39, 0.29) is 28.1 Å². The molecule has 1 aromatic carbocycles. The van der Waals surface area contributed by atoms with Crippen molar-refractivity contribution in [2.75, 3.05) is 0 Å². The minimum atomic E-state index is -4.84. The van der Waals surface area contributed by atoms with Crippen molar-refractivity contribution in [1.82, 2.24) is 29.3 Å². The number of hydrogen-bond donors (Lipinski definition) is 0. The van der Waals surface area contributed by atoms with Gasteiger partial charge in [0.2, 0.25) is 5.82 Å². The standard InChI is InChI=1S/C16H14ClF3N6O2/c1-8(2)26-22-14(21-23-26)10-6-9(4-5-11(10)17)25-13(27)7-12(16(18,19)20)24(3)15(25)28/h4-8H,1-3H3. The fourth-order valence-corrected chi connectivity index (χ4v) is 2.71. The lowest BCUT2D eigenvalue weighted by Gasteiger charge is -2.14. The summed E-state index contributed by atoms with van der Waals surface area (Å²) in [6.07, 6.45) is -4.84. The fraction of sp³-hybridized carbons (Fsp3) is 0.312. The highest BCUT2D eigenvalue weighted by Gasteiger charge is 2.35. The summed E-state index contributed by atoms with van der Waals surface area (Å²) in [5.41, 5.74) is -3.30. The van der Waals surface area contributed by atoms with Gasteiger partial charge in [0.15, 0.2) is 0 Å². The van der Waals surface area contributed by atoms with Crippen molar-refractivity contribution in [2.45, 2.75) is 26.1 Å². The van der Waals surface area contributed by atoms with E-state index in [4.69, 9.17) is 11.6 Å². The highest BCUT2D eigenvalue weighted by Crippen LogP contribution is 2.28. The third-order valence-corrected chi connectivity index (χ3v) is 4.28. The van der Waals surface area contributed by atoms with E-state index in [0.717, 1.165) is 7.05 Å². The predicted octanol–water partition coefficient (Wildman–Crippen LogP) is 2.44. The van der Waals surface area contributed by atoms with Crippen LogP contribution in [0.5, 0.6) is 0 Å². The van der Waals surface area contributed by atoms with Crippen molar-refractivity contribution in [3.05, 3.63) is 55.8 Å². The predicted molar refractivity (Wildman–Crippen MR) is 94.5 cm³/mol. The van der Waals surface area contributed by atoms with Crippen molar-refractivity contribution in [2.24, 2.45) is 7.05 Å². The van der Waals surface area contributed by atoms with Crippen LogP contribution < -0.4 is 11.2 Å². The van der Waals surface area contributed by atoms with Crippen LogP contribution in [-0.4, -0.2) is 29.3 Å². The van der Waals surface area contributed by atoms with E-state index in [1.165, 1.54) is 23.0 Å². The summed E-state index contributed by atoms with van der Waals surface area (Å²) >= 11 is 6.17. The summed E-state index contributed by atoms with van der Waals surface area (Å²) in [4.78, 5) is 26.0. The molecule has 0 aliphatic rings. The first kappa shape index (κ1) is 19.8. The largest absolute Gasteiger partial charge is 0.431 e. The summed E-state index contributed by atoms with van der Waals surface area (Å²) in [6.45, 7) is 3.68. The van der Waals surface area contributed by atoms with Crippen molar-refractivity contribution >= 4 is 11.6 Å². The molecular formula is C16H14ClF3N6O2. The molecule has 0 N–H and O–H groups in total. The van der Waals surface area contributed by atoms with E-state index in [1.54, 1.807) is 0 Å². The zero-order valence-electron chi connectivity index (χ0n) is 14.9. The van der Waals surface area contributed by atoms with E-state index in [9.17, 15) is 22.8 Å². The fourth-order valence-electron chi connectivity index (χ4n) is 2.51. The first-order valence-electron chi connectivity index (χ1n) is 8.00. The Kier molecular flexibility index (Phi) is 4.88. The van der Waals surface area contributed by atoms with E-state index >= 15 is 0 Å². The van der Waals surface area contributed by atoms with Crippen LogP contribution in [0.15, 0.2) is 33.9 Å². The van der Waals surface area contributed by atoms with Gasteiger partial charge in [0.25, 0.3) is 5.56 Å². The molecule has 0 amide bonds. The van der Waals surface area contributed by atoms with E-state index in [1.807, 2.05) is 13.8 Å². The van der Waals surface area contributed by atoms with E-state index < -0.39 is 23.1 Å². The molecule has 0 aliphatic carbocycles. The van der Waals surface area contributed by atoms with Gasteiger partial charge in [-0.2, -0.15) is 18.0 Å². The zero-order valence-corrected chi connectivity index (χ0v) is 15.7. The number of hydrogen-bond acceptors (Lipinski definition) is 5. The summed E-state index contributed by atoms with van der Waals surface area (Å²) in [7, 11) is 0.938. The molecule has 0 radical (unpaired) electrons. The monoisotopic (exact) mass is 414 g/mol. The first-order valence-corrected chi connectivity index (χ1v) is 8.38. The molecule has 12 heteroatoms. The second kappa shape index (κ2) is 6.89. The van der Waals surface area contributed by atoms with Crippen molar-refractivity contribution in [3.63, 3.8) is 0 Å². The molecule has 0 saturated carbocycles. The van der Waals surface area contributed by atoms with Gasteiger partial charge in [0.1, 0.15) is 5.69 Å². The molecule has 148 valence electrons. The van der Waals surface area contributed by atoms with Crippen LogP contribution in [0, 0.1) is 0 Å². The summed E-state index contributed by atoms with van der Waals surface area (Å²) in [6, 6.07) is 4.39. The second-order valence-electron chi connectivity index (χ2n) is 6.23. The Morgan fingerprint density at radius 1 is 1.14 bits per heavy atom. The minimum absolute atomic E-state index is 0.0274. The molecule has 3 aromatic rings. The molecule has 28 heavy (non-hydrogen) atoms. The van der Waals surface area contributed by atoms with Crippen LogP contribution in [0.2, 0.25) is 5.02 Å². The Morgan fingerprint density at radius 3 is 2.39 bits per heavy atom.